The van der Waals surface area contributed by atoms with E-state index in [-0.39, 0.29) is 6.04 Å². The molecule has 19 heavy (non-hydrogen) atoms. The molecule has 1 aromatic carbocycles. The quantitative estimate of drug-likeness (QED) is 0.786. The van der Waals surface area contributed by atoms with Gasteiger partial charge in [0.1, 0.15) is 0 Å². The predicted molar refractivity (Wildman–Crippen MR) is 91.2 cm³/mol. The molecule has 2 nitrogen and oxygen atoms in total. The van der Waals surface area contributed by atoms with Crippen molar-refractivity contribution in [3.63, 3.8) is 0 Å². The van der Waals surface area contributed by atoms with E-state index in [1.807, 2.05) is 23.9 Å². The van der Waals surface area contributed by atoms with E-state index in [4.69, 9.17) is 17.3 Å². The smallest absolute Gasteiger partial charge is 0.0484 e. The molecule has 108 valence electrons. The number of halogens is 2. The summed E-state index contributed by atoms with van der Waals surface area (Å²) >= 11 is 11.7. The summed E-state index contributed by atoms with van der Waals surface area (Å²) < 4.78 is 0.995. The number of nitrogens with zero attached hydrogens (tertiary/aromatic N) is 1. The molecule has 5 heteroatoms. The molecule has 0 amide bonds. The molecular weight excluding hydrogens is 344 g/mol. The number of benzene rings is 1. The first-order valence-corrected chi connectivity index (χ1v) is 8.93. The molecule has 0 aromatic heterocycles. The number of likely N-dealkylation sites (N-methyl/N-ethyl adjacent to an activating group) is 1. The van der Waals surface area contributed by atoms with Crippen LogP contribution in [0.5, 0.6) is 0 Å². The van der Waals surface area contributed by atoms with Crippen LogP contribution >= 0.6 is 39.3 Å². The van der Waals surface area contributed by atoms with Gasteiger partial charge < -0.3 is 5.73 Å². The molecule has 0 saturated heterocycles. The molecule has 1 aromatic rings. The Morgan fingerprint density at radius 2 is 2.16 bits per heavy atom. The van der Waals surface area contributed by atoms with E-state index < -0.39 is 0 Å². The lowest BCUT2D eigenvalue weighted by atomic mass is 10.0. The molecular formula is C14H22BrClN2S. The first-order valence-electron chi connectivity index (χ1n) is 6.37. The Labute approximate surface area is 134 Å². The fourth-order valence-electron chi connectivity index (χ4n) is 2.08. The van der Waals surface area contributed by atoms with E-state index in [0.717, 1.165) is 27.2 Å². The van der Waals surface area contributed by atoms with Crippen molar-refractivity contribution < 1.29 is 0 Å². The van der Waals surface area contributed by atoms with Crippen LogP contribution in [0.15, 0.2) is 22.7 Å². The van der Waals surface area contributed by atoms with Crippen molar-refractivity contribution in [2.45, 2.75) is 25.4 Å². The maximum atomic E-state index is 6.34. The molecule has 0 bridgehead atoms. The fraction of sp³-hybridized carbons (Fsp3) is 0.571. The monoisotopic (exact) mass is 364 g/mol. The van der Waals surface area contributed by atoms with Crippen molar-refractivity contribution in [1.29, 1.82) is 0 Å². The van der Waals surface area contributed by atoms with Crippen LogP contribution in [0.25, 0.3) is 0 Å². The summed E-state index contributed by atoms with van der Waals surface area (Å²) in [5, 5.41) is 0.772. The van der Waals surface area contributed by atoms with Gasteiger partial charge in [0, 0.05) is 28.1 Å². The molecule has 0 fully saturated rings. The Morgan fingerprint density at radius 3 is 2.68 bits per heavy atom. The standard InChI is InChI=1S/C14H22BrClN2S/c1-10(6-7-19-3)18(2)14(9-17)12-5-4-11(15)8-13(12)16/h4-5,8,10,14H,6-7,9,17H2,1-3H3. The zero-order valence-corrected chi connectivity index (χ0v) is 14.9. The van der Waals surface area contributed by atoms with Gasteiger partial charge in [-0.25, -0.2) is 0 Å². The summed E-state index contributed by atoms with van der Waals surface area (Å²) in [4.78, 5) is 2.32. The number of hydrogen-bond donors (Lipinski definition) is 1. The number of thioether (sulfide) groups is 1. The zero-order valence-electron chi connectivity index (χ0n) is 11.7. The normalized spacial score (nSPS) is 14.7. The van der Waals surface area contributed by atoms with Gasteiger partial charge in [-0.1, -0.05) is 33.6 Å². The second-order valence-corrected chi connectivity index (χ2v) is 7.02. The van der Waals surface area contributed by atoms with E-state index in [2.05, 4.69) is 47.1 Å². The second kappa shape index (κ2) is 8.53. The Balaban J connectivity index is 2.86. The summed E-state index contributed by atoms with van der Waals surface area (Å²) in [5.41, 5.74) is 7.06. The predicted octanol–water partition coefficient (Wildman–Crippen LogP) is 4.18. The summed E-state index contributed by atoms with van der Waals surface area (Å²) in [5.74, 6) is 1.16. The van der Waals surface area contributed by atoms with Gasteiger partial charge in [0.05, 0.1) is 0 Å². The second-order valence-electron chi connectivity index (χ2n) is 4.71. The van der Waals surface area contributed by atoms with E-state index in [9.17, 15) is 0 Å². The van der Waals surface area contributed by atoms with Crippen molar-refractivity contribution in [3.8, 4) is 0 Å². The number of hydrogen-bond acceptors (Lipinski definition) is 3. The fourth-order valence-corrected chi connectivity index (χ4v) is 3.46. The van der Waals surface area contributed by atoms with Crippen molar-refractivity contribution in [1.82, 2.24) is 4.90 Å². The van der Waals surface area contributed by atoms with Crippen molar-refractivity contribution in [2.75, 3.05) is 25.6 Å². The third-order valence-corrected chi connectivity index (χ3v) is 4.94. The van der Waals surface area contributed by atoms with Crippen LogP contribution in [0, 0.1) is 0 Å². The molecule has 0 aliphatic rings. The van der Waals surface area contributed by atoms with E-state index in [0.29, 0.717) is 12.6 Å². The van der Waals surface area contributed by atoms with Gasteiger partial charge in [-0.3, -0.25) is 4.90 Å². The molecule has 0 heterocycles. The molecule has 0 spiro atoms. The minimum atomic E-state index is 0.164. The highest BCUT2D eigenvalue weighted by molar-refractivity contribution is 9.10. The van der Waals surface area contributed by atoms with Crippen molar-refractivity contribution >= 4 is 39.3 Å². The maximum Gasteiger partial charge on any atom is 0.0484 e. The van der Waals surface area contributed by atoms with Gasteiger partial charge in [0.25, 0.3) is 0 Å². The average Bonchev–Trinajstić information content (AvgIpc) is 2.38. The van der Waals surface area contributed by atoms with Crippen LogP contribution in [0.3, 0.4) is 0 Å². The minimum absolute atomic E-state index is 0.164. The summed E-state index contributed by atoms with van der Waals surface area (Å²) in [6.45, 7) is 2.81. The van der Waals surface area contributed by atoms with Crippen molar-refractivity contribution in [2.24, 2.45) is 5.73 Å². The Hall–Kier alpha value is 0.260. The topological polar surface area (TPSA) is 29.3 Å². The van der Waals surface area contributed by atoms with Gasteiger partial charge in [0.2, 0.25) is 0 Å². The molecule has 0 aliphatic heterocycles. The third-order valence-electron chi connectivity index (χ3n) is 3.47. The SMILES string of the molecule is CSCCC(C)N(C)C(CN)c1ccc(Br)cc1Cl. The number of nitrogens with two attached hydrogens (primary N) is 1. The number of rotatable bonds is 7. The molecule has 2 atom stereocenters. The molecule has 1 rings (SSSR count). The van der Waals surface area contributed by atoms with Crippen LogP contribution in [0.2, 0.25) is 5.02 Å². The third kappa shape index (κ3) is 4.94. The molecule has 0 radical (unpaired) electrons. The zero-order chi connectivity index (χ0) is 14.4. The van der Waals surface area contributed by atoms with Crippen LogP contribution in [-0.4, -0.2) is 36.5 Å². The molecule has 0 aliphatic carbocycles. The summed E-state index contributed by atoms with van der Waals surface area (Å²) in [6.07, 6.45) is 3.29. The van der Waals surface area contributed by atoms with Gasteiger partial charge in [0.15, 0.2) is 0 Å². The van der Waals surface area contributed by atoms with Crippen LogP contribution in [0.4, 0.5) is 0 Å². The highest BCUT2D eigenvalue weighted by Crippen LogP contribution is 2.30. The lowest BCUT2D eigenvalue weighted by Gasteiger charge is -2.33. The highest BCUT2D eigenvalue weighted by atomic mass is 79.9. The van der Waals surface area contributed by atoms with Crippen LogP contribution in [0.1, 0.15) is 24.9 Å². The van der Waals surface area contributed by atoms with E-state index in [1.54, 1.807) is 0 Å². The first kappa shape index (κ1) is 17.3. The van der Waals surface area contributed by atoms with E-state index >= 15 is 0 Å². The van der Waals surface area contributed by atoms with Crippen LogP contribution in [-0.2, 0) is 0 Å². The first-order chi connectivity index (χ1) is 9.01. The average molecular weight is 366 g/mol. The summed E-state index contributed by atoms with van der Waals surface area (Å²) in [6, 6.07) is 6.66. The lowest BCUT2D eigenvalue weighted by Crippen LogP contribution is -2.37. The van der Waals surface area contributed by atoms with Gasteiger partial charge in [-0.05, 0) is 50.1 Å². The van der Waals surface area contributed by atoms with Gasteiger partial charge >= 0.3 is 0 Å². The van der Waals surface area contributed by atoms with E-state index in [1.165, 1.54) is 0 Å². The van der Waals surface area contributed by atoms with Gasteiger partial charge in [-0.2, -0.15) is 11.8 Å². The Bertz CT molecular complexity index is 403. The Morgan fingerprint density at radius 1 is 1.47 bits per heavy atom. The highest BCUT2D eigenvalue weighted by Gasteiger charge is 2.22. The molecule has 0 saturated carbocycles. The molecule has 2 unspecified atom stereocenters. The lowest BCUT2D eigenvalue weighted by molar-refractivity contribution is 0.185. The summed E-state index contributed by atoms with van der Waals surface area (Å²) in [7, 11) is 2.13. The maximum absolute atomic E-state index is 6.34. The largest absolute Gasteiger partial charge is 0.329 e. The van der Waals surface area contributed by atoms with Crippen molar-refractivity contribution in [3.05, 3.63) is 33.3 Å². The molecule has 2 N–H and O–H groups in total. The van der Waals surface area contributed by atoms with Gasteiger partial charge in [-0.15, -0.1) is 0 Å². The van der Waals surface area contributed by atoms with Crippen LogP contribution < -0.4 is 5.73 Å². The Kier molecular flexibility index (Phi) is 7.77. The minimum Gasteiger partial charge on any atom is -0.329 e.